The third kappa shape index (κ3) is 4.94. The molecule has 0 radical (unpaired) electrons. The zero-order valence-electron chi connectivity index (χ0n) is 17.0. The van der Waals surface area contributed by atoms with Crippen LogP contribution < -0.4 is 0 Å². The molecule has 4 rings (SSSR count). The van der Waals surface area contributed by atoms with Crippen molar-refractivity contribution in [1.29, 1.82) is 0 Å². The molecule has 0 spiro atoms. The van der Waals surface area contributed by atoms with E-state index in [4.69, 9.17) is 4.98 Å². The van der Waals surface area contributed by atoms with Gasteiger partial charge in [0.1, 0.15) is 0 Å². The van der Waals surface area contributed by atoms with E-state index in [1.54, 1.807) is 0 Å². The molecule has 1 N–H and O–H groups in total. The van der Waals surface area contributed by atoms with Crippen molar-refractivity contribution in [2.45, 2.75) is 55.4 Å². The van der Waals surface area contributed by atoms with Crippen molar-refractivity contribution >= 4 is 43.0 Å². The predicted molar refractivity (Wildman–Crippen MR) is 125 cm³/mol. The standard InChI is InChI=1S/C22H27FIN3OS/c1-22(2,3)21-26-18-12-16(29-17-8-11-25-20(23)13-17)4-5-19(18)27(21)14-15-6-9-24(28)10-7-15/h4-5,8,11-13,15,28H,6-7,9-10,14H2,1-3H3. The van der Waals surface area contributed by atoms with Gasteiger partial charge < -0.3 is 0 Å². The second-order valence-electron chi connectivity index (χ2n) is 8.61. The Morgan fingerprint density at radius 2 is 1.90 bits per heavy atom. The Labute approximate surface area is 183 Å². The number of halogens is 2. The third-order valence-corrected chi connectivity index (χ3v) is 9.95. The molecule has 3 heterocycles. The van der Waals surface area contributed by atoms with Crippen molar-refractivity contribution in [3.63, 3.8) is 0 Å². The minimum absolute atomic E-state index is 0.0510. The first-order chi connectivity index (χ1) is 13.8. The molecule has 4 nitrogen and oxygen atoms in total. The van der Waals surface area contributed by atoms with Gasteiger partial charge in [0.2, 0.25) is 5.95 Å². The molecule has 0 aliphatic carbocycles. The first-order valence-corrected chi connectivity index (χ1v) is 14.7. The van der Waals surface area contributed by atoms with Crippen molar-refractivity contribution in [2.75, 3.05) is 8.86 Å². The Morgan fingerprint density at radius 3 is 2.59 bits per heavy atom. The van der Waals surface area contributed by atoms with Gasteiger partial charge >= 0.3 is 162 Å². The van der Waals surface area contributed by atoms with Gasteiger partial charge in [0.15, 0.2) is 0 Å². The second kappa shape index (κ2) is 8.51. The summed E-state index contributed by atoms with van der Waals surface area (Å²) in [6.07, 6.45) is 3.76. The Bertz CT molecular complexity index is 1010. The Kier molecular flexibility index (Phi) is 6.18. The molecule has 1 aliphatic heterocycles. The molecule has 29 heavy (non-hydrogen) atoms. The van der Waals surface area contributed by atoms with Crippen LogP contribution in [0.15, 0.2) is 46.3 Å². The van der Waals surface area contributed by atoms with E-state index in [1.165, 1.54) is 24.0 Å². The zero-order valence-corrected chi connectivity index (χ0v) is 20.0. The molecule has 1 fully saturated rings. The summed E-state index contributed by atoms with van der Waals surface area (Å²) in [6, 6.07) is 9.61. The van der Waals surface area contributed by atoms with Crippen LogP contribution in [0.5, 0.6) is 0 Å². The van der Waals surface area contributed by atoms with E-state index in [0.717, 1.165) is 54.9 Å². The molecule has 1 aromatic carbocycles. The van der Waals surface area contributed by atoms with Gasteiger partial charge in [-0.1, -0.05) is 0 Å². The van der Waals surface area contributed by atoms with E-state index in [1.807, 2.05) is 6.07 Å². The number of fused-ring (bicyclic) bond motifs is 1. The van der Waals surface area contributed by atoms with E-state index in [2.05, 4.69) is 48.5 Å². The summed E-state index contributed by atoms with van der Waals surface area (Å²) < 4.78 is 27.9. The fraction of sp³-hybridized carbons (Fsp3) is 0.455. The predicted octanol–water partition coefficient (Wildman–Crippen LogP) is 5.84. The van der Waals surface area contributed by atoms with Crippen molar-refractivity contribution in [3.8, 4) is 0 Å². The normalized spacial score (nSPS) is 17.2. The number of benzene rings is 1. The molecule has 1 saturated heterocycles. The molecule has 3 aromatic rings. The van der Waals surface area contributed by atoms with Gasteiger partial charge in [0, 0.05) is 6.20 Å². The van der Waals surface area contributed by atoms with Crippen molar-refractivity contribution in [2.24, 2.45) is 5.92 Å². The maximum atomic E-state index is 13.4. The van der Waals surface area contributed by atoms with Gasteiger partial charge in [-0.25, -0.2) is 4.98 Å². The minimum atomic E-state index is -1.59. The molecule has 1 aliphatic rings. The van der Waals surface area contributed by atoms with Gasteiger partial charge in [-0.3, -0.25) is 0 Å². The molecule has 0 unspecified atom stereocenters. The average molecular weight is 527 g/mol. The molecular formula is C22H27FIN3OS. The number of pyridine rings is 1. The van der Waals surface area contributed by atoms with Crippen LogP contribution in [-0.4, -0.2) is 26.8 Å². The van der Waals surface area contributed by atoms with Gasteiger partial charge in [-0.2, -0.15) is 4.39 Å². The van der Waals surface area contributed by atoms with Gasteiger partial charge in [-0.05, 0) is 0 Å². The van der Waals surface area contributed by atoms with E-state index in [0.29, 0.717) is 5.92 Å². The Morgan fingerprint density at radius 1 is 1.17 bits per heavy atom. The quantitative estimate of drug-likeness (QED) is 0.263. The summed E-state index contributed by atoms with van der Waals surface area (Å²) in [5.74, 6) is 1.26. The van der Waals surface area contributed by atoms with E-state index in [-0.39, 0.29) is 5.41 Å². The molecule has 0 bridgehead atoms. The number of hydrogen-bond donors (Lipinski definition) is 1. The first-order valence-electron chi connectivity index (χ1n) is 9.91. The number of imidazole rings is 1. The van der Waals surface area contributed by atoms with Crippen molar-refractivity contribution in [3.05, 3.63) is 48.3 Å². The first kappa shape index (κ1) is 21.1. The Hall–Kier alpha value is -1.19. The molecule has 0 amide bonds. The fourth-order valence-corrected chi connectivity index (χ4v) is 8.36. The zero-order chi connectivity index (χ0) is 20.6. The maximum absolute atomic E-state index is 13.4. The topological polar surface area (TPSA) is 50.9 Å². The SMILES string of the molecule is CC(C)(C)c1nc2cc(Sc3ccnc(F)c3)ccc2n1CC1CCI(O)CC1. The van der Waals surface area contributed by atoms with Crippen LogP contribution in [0, 0.1) is 11.9 Å². The van der Waals surface area contributed by atoms with Crippen LogP contribution in [0.4, 0.5) is 4.39 Å². The van der Waals surface area contributed by atoms with Crippen LogP contribution in [0.1, 0.15) is 39.4 Å². The summed E-state index contributed by atoms with van der Waals surface area (Å²) >= 11 is -0.0668. The fourth-order valence-electron chi connectivity index (χ4n) is 3.75. The molecule has 0 saturated carbocycles. The van der Waals surface area contributed by atoms with Crippen LogP contribution >= 0.6 is 32.0 Å². The summed E-state index contributed by atoms with van der Waals surface area (Å²) in [5.41, 5.74) is 2.09. The van der Waals surface area contributed by atoms with Gasteiger partial charge in [0.25, 0.3) is 0 Å². The van der Waals surface area contributed by atoms with Crippen LogP contribution in [0.2, 0.25) is 0 Å². The Balaban J connectivity index is 1.66. The summed E-state index contributed by atoms with van der Waals surface area (Å²) in [7, 11) is 0. The summed E-state index contributed by atoms with van der Waals surface area (Å²) in [5, 5.41) is 0. The number of nitrogens with zero attached hydrogens (tertiary/aromatic N) is 3. The summed E-state index contributed by atoms with van der Waals surface area (Å²) in [6.45, 7) is 7.59. The van der Waals surface area contributed by atoms with E-state index < -0.39 is 26.2 Å². The third-order valence-electron chi connectivity index (χ3n) is 5.24. The van der Waals surface area contributed by atoms with Crippen molar-refractivity contribution < 1.29 is 7.83 Å². The summed E-state index contributed by atoms with van der Waals surface area (Å²) in [4.78, 5) is 10.5. The van der Waals surface area contributed by atoms with Gasteiger partial charge in [-0.15, -0.1) is 0 Å². The average Bonchev–Trinajstić information content (AvgIpc) is 3.02. The van der Waals surface area contributed by atoms with Gasteiger partial charge in [0.05, 0.1) is 0 Å². The van der Waals surface area contributed by atoms with Crippen LogP contribution in [0.25, 0.3) is 11.0 Å². The van der Waals surface area contributed by atoms with Crippen LogP contribution in [-0.2, 0) is 12.0 Å². The number of hydrogen-bond acceptors (Lipinski definition) is 4. The van der Waals surface area contributed by atoms with Crippen molar-refractivity contribution in [1.82, 2.24) is 14.5 Å². The van der Waals surface area contributed by atoms with E-state index in [9.17, 15) is 7.83 Å². The number of rotatable bonds is 4. The second-order valence-corrected chi connectivity index (χ2v) is 14.4. The molecule has 2 aromatic heterocycles. The molecule has 0 atom stereocenters. The molecular weight excluding hydrogens is 500 g/mol. The molecule has 156 valence electrons. The molecule has 7 heteroatoms. The van der Waals surface area contributed by atoms with Crippen LogP contribution in [0.3, 0.4) is 0 Å². The van der Waals surface area contributed by atoms with E-state index >= 15 is 0 Å². The number of alkyl halides is 2. The monoisotopic (exact) mass is 527 g/mol. The number of aromatic nitrogens is 3.